The van der Waals surface area contributed by atoms with Gasteiger partial charge in [0.25, 0.3) is 0 Å². The quantitative estimate of drug-likeness (QED) is 0.788. The minimum absolute atomic E-state index is 0.332. The zero-order chi connectivity index (χ0) is 11.4. The van der Waals surface area contributed by atoms with Crippen molar-refractivity contribution in [3.05, 3.63) is 30.1 Å². The molecule has 1 heterocycles. The Balaban J connectivity index is 1.89. The highest BCUT2D eigenvalue weighted by molar-refractivity contribution is 8.14. The molecule has 0 spiro atoms. The highest BCUT2D eigenvalue weighted by Gasteiger charge is 2.10. The molecule has 0 saturated carbocycles. The van der Waals surface area contributed by atoms with Gasteiger partial charge in [-0.1, -0.05) is 11.8 Å². The molecule has 1 aliphatic heterocycles. The van der Waals surface area contributed by atoms with Crippen molar-refractivity contribution in [2.24, 2.45) is 4.99 Å². The molecule has 0 aliphatic carbocycles. The molecule has 0 bridgehead atoms. The second kappa shape index (κ2) is 4.98. The molecule has 0 fully saturated rings. The lowest BCUT2D eigenvalue weighted by atomic mass is 10.3. The summed E-state index contributed by atoms with van der Waals surface area (Å²) < 4.78 is 12.6. The van der Waals surface area contributed by atoms with Crippen LogP contribution in [0.15, 0.2) is 29.3 Å². The predicted octanol–water partition coefficient (Wildman–Crippen LogP) is 2.05. The van der Waals surface area contributed by atoms with E-state index < -0.39 is 0 Å². The van der Waals surface area contributed by atoms with Gasteiger partial charge in [0, 0.05) is 11.4 Å². The first-order valence-corrected chi connectivity index (χ1v) is 5.73. The van der Waals surface area contributed by atoms with Crippen LogP contribution in [0.25, 0.3) is 0 Å². The molecule has 16 heavy (non-hydrogen) atoms. The van der Waals surface area contributed by atoms with E-state index >= 15 is 0 Å². The van der Waals surface area contributed by atoms with Gasteiger partial charge in [-0.3, -0.25) is 10.3 Å². The van der Waals surface area contributed by atoms with Crippen LogP contribution < -0.4 is 10.6 Å². The summed E-state index contributed by atoms with van der Waals surface area (Å²) >= 11 is 1.50. The summed E-state index contributed by atoms with van der Waals surface area (Å²) in [5.74, 6) is 0.563. The summed E-state index contributed by atoms with van der Waals surface area (Å²) in [6, 6.07) is 5.21. The van der Waals surface area contributed by atoms with Gasteiger partial charge in [0.2, 0.25) is 0 Å². The molecule has 2 amide bonds. The molecule has 4 nitrogen and oxygen atoms in total. The Morgan fingerprint density at radius 2 is 2.06 bits per heavy atom. The smallest absolute Gasteiger partial charge is 0.308 e. The number of amidine groups is 1. The van der Waals surface area contributed by atoms with Crippen molar-refractivity contribution in [1.82, 2.24) is 5.32 Å². The van der Waals surface area contributed by atoms with Crippen LogP contribution in [0.3, 0.4) is 0 Å². The van der Waals surface area contributed by atoms with Crippen LogP contribution in [0.5, 0.6) is 0 Å². The molecule has 0 radical (unpaired) electrons. The highest BCUT2D eigenvalue weighted by Crippen LogP contribution is 2.10. The number of hydrogen-bond acceptors (Lipinski definition) is 3. The van der Waals surface area contributed by atoms with Crippen molar-refractivity contribution < 1.29 is 9.18 Å². The second-order valence-electron chi connectivity index (χ2n) is 3.12. The number of carbonyl (C=O) groups is 1. The number of amides is 2. The van der Waals surface area contributed by atoms with E-state index in [9.17, 15) is 9.18 Å². The van der Waals surface area contributed by atoms with Crippen molar-refractivity contribution in [2.45, 2.75) is 0 Å². The number of aliphatic imine (C=N–C) groups is 1. The van der Waals surface area contributed by atoms with E-state index in [1.54, 1.807) is 0 Å². The van der Waals surface area contributed by atoms with E-state index in [1.807, 2.05) is 0 Å². The van der Waals surface area contributed by atoms with Crippen LogP contribution in [-0.4, -0.2) is 23.5 Å². The number of carbonyl (C=O) groups excluding carboxylic acids is 1. The number of benzene rings is 1. The summed E-state index contributed by atoms with van der Waals surface area (Å²) in [4.78, 5) is 15.5. The van der Waals surface area contributed by atoms with Gasteiger partial charge in [0.15, 0.2) is 5.17 Å². The molecular formula is C10H10FN3OS. The number of thioether (sulfide) groups is 1. The largest absolute Gasteiger partial charge is 0.325 e. The van der Waals surface area contributed by atoms with Crippen molar-refractivity contribution in [1.29, 1.82) is 0 Å². The van der Waals surface area contributed by atoms with Crippen LogP contribution in [-0.2, 0) is 0 Å². The monoisotopic (exact) mass is 239 g/mol. The summed E-state index contributed by atoms with van der Waals surface area (Å²) in [5, 5.41) is 5.82. The van der Waals surface area contributed by atoms with E-state index in [0.717, 1.165) is 12.3 Å². The van der Waals surface area contributed by atoms with Gasteiger partial charge in [0.05, 0.1) is 6.54 Å². The van der Waals surface area contributed by atoms with Crippen molar-refractivity contribution >= 4 is 28.6 Å². The number of halogens is 1. The molecule has 2 N–H and O–H groups in total. The number of anilines is 1. The summed E-state index contributed by atoms with van der Waals surface area (Å²) in [7, 11) is 0. The minimum atomic E-state index is -0.361. The number of nitrogens with one attached hydrogen (secondary N) is 2. The van der Waals surface area contributed by atoms with E-state index in [2.05, 4.69) is 15.6 Å². The average Bonchev–Trinajstić information content (AvgIpc) is 2.74. The minimum Gasteiger partial charge on any atom is -0.308 e. The summed E-state index contributed by atoms with van der Waals surface area (Å²) in [6.45, 7) is 0.733. The van der Waals surface area contributed by atoms with E-state index in [-0.39, 0.29) is 11.8 Å². The fraction of sp³-hybridized carbons (Fsp3) is 0.200. The Kier molecular flexibility index (Phi) is 3.40. The molecular weight excluding hydrogens is 229 g/mol. The van der Waals surface area contributed by atoms with Gasteiger partial charge in [-0.2, -0.15) is 0 Å². The van der Waals surface area contributed by atoms with E-state index in [0.29, 0.717) is 10.9 Å². The van der Waals surface area contributed by atoms with Crippen molar-refractivity contribution in [3.63, 3.8) is 0 Å². The maximum Gasteiger partial charge on any atom is 0.325 e. The Morgan fingerprint density at radius 3 is 2.69 bits per heavy atom. The molecule has 1 aliphatic rings. The molecule has 84 valence electrons. The molecule has 0 saturated heterocycles. The second-order valence-corrected chi connectivity index (χ2v) is 4.20. The van der Waals surface area contributed by atoms with Gasteiger partial charge in [-0.15, -0.1) is 0 Å². The third kappa shape index (κ3) is 2.96. The van der Waals surface area contributed by atoms with Crippen LogP contribution in [0.2, 0.25) is 0 Å². The lowest BCUT2D eigenvalue weighted by Gasteiger charge is -2.06. The van der Waals surface area contributed by atoms with E-state index in [4.69, 9.17) is 0 Å². The van der Waals surface area contributed by atoms with E-state index in [1.165, 1.54) is 36.0 Å². The Morgan fingerprint density at radius 1 is 1.31 bits per heavy atom. The van der Waals surface area contributed by atoms with Crippen molar-refractivity contribution in [3.8, 4) is 0 Å². The zero-order valence-electron chi connectivity index (χ0n) is 8.37. The van der Waals surface area contributed by atoms with Crippen LogP contribution in [0.4, 0.5) is 14.9 Å². The SMILES string of the molecule is O=C(NC1=NCCS1)Nc1ccc(F)cc1. The number of urea groups is 1. The first-order valence-electron chi connectivity index (χ1n) is 4.75. The van der Waals surface area contributed by atoms with Gasteiger partial charge in [-0.25, -0.2) is 9.18 Å². The summed E-state index contributed by atoms with van der Waals surface area (Å²) in [6.07, 6.45) is 0. The fourth-order valence-corrected chi connectivity index (χ4v) is 1.93. The van der Waals surface area contributed by atoms with Crippen LogP contribution in [0, 0.1) is 5.82 Å². The first-order chi connectivity index (χ1) is 7.74. The normalized spacial score (nSPS) is 14.4. The molecule has 2 rings (SSSR count). The van der Waals surface area contributed by atoms with Gasteiger partial charge in [0.1, 0.15) is 5.82 Å². The third-order valence-electron chi connectivity index (χ3n) is 1.91. The van der Waals surface area contributed by atoms with Gasteiger partial charge >= 0.3 is 6.03 Å². The Labute approximate surface area is 96.3 Å². The van der Waals surface area contributed by atoms with Crippen LogP contribution >= 0.6 is 11.8 Å². The topological polar surface area (TPSA) is 53.5 Å². The molecule has 6 heteroatoms. The number of rotatable bonds is 1. The van der Waals surface area contributed by atoms with Crippen LogP contribution in [0.1, 0.15) is 0 Å². The summed E-state index contributed by atoms with van der Waals surface area (Å²) in [5.41, 5.74) is 0.544. The molecule has 1 aromatic rings. The Bertz CT molecular complexity index is 419. The standard InChI is InChI=1S/C10H10FN3OS/c11-7-1-3-8(4-2-7)13-9(15)14-10-12-5-6-16-10/h1-4H,5-6H2,(H2,12,13,14,15). The fourth-order valence-electron chi connectivity index (χ4n) is 1.20. The lowest BCUT2D eigenvalue weighted by Crippen LogP contribution is -2.31. The first kappa shape index (κ1) is 10.9. The maximum absolute atomic E-state index is 12.6. The maximum atomic E-state index is 12.6. The Hall–Kier alpha value is -1.56. The zero-order valence-corrected chi connectivity index (χ0v) is 9.18. The molecule has 1 aromatic carbocycles. The number of hydrogen-bond donors (Lipinski definition) is 2. The molecule has 0 atom stereocenters. The van der Waals surface area contributed by atoms with Gasteiger partial charge in [-0.05, 0) is 24.3 Å². The average molecular weight is 239 g/mol. The third-order valence-corrected chi connectivity index (χ3v) is 2.80. The van der Waals surface area contributed by atoms with Crippen molar-refractivity contribution in [2.75, 3.05) is 17.6 Å². The molecule has 0 unspecified atom stereocenters. The predicted molar refractivity (Wildman–Crippen MR) is 63.3 cm³/mol. The number of nitrogens with zero attached hydrogens (tertiary/aromatic N) is 1. The van der Waals surface area contributed by atoms with Gasteiger partial charge < -0.3 is 5.32 Å². The lowest BCUT2D eigenvalue weighted by molar-refractivity contribution is 0.256. The molecule has 0 aromatic heterocycles. The highest BCUT2D eigenvalue weighted by atomic mass is 32.2.